The number of hydrogen-bond donors (Lipinski definition) is 4. The van der Waals surface area contributed by atoms with Crippen LogP contribution in [0.5, 0.6) is 0 Å². The normalized spacial score (nSPS) is 34.9. The van der Waals surface area contributed by atoms with Crippen molar-refractivity contribution >= 4 is 29.7 Å². The number of carbonyl (C=O) groups excluding carboxylic acids is 3. The van der Waals surface area contributed by atoms with Crippen LogP contribution in [0.25, 0.3) is 0 Å². The Bertz CT molecular complexity index is 1540. The minimum absolute atomic E-state index is 0.0167. The number of nitrogens with one attached hydrogen (secondary N) is 2. The first-order chi connectivity index (χ1) is 26.7. The summed E-state index contributed by atoms with van der Waals surface area (Å²) in [5, 5.41) is 23.7. The summed E-state index contributed by atoms with van der Waals surface area (Å²) >= 11 is 0. The van der Waals surface area contributed by atoms with E-state index in [9.17, 15) is 24.0 Å². The molecule has 0 heterocycles. The van der Waals surface area contributed by atoms with Crippen LogP contribution in [0, 0.1) is 50.2 Å². The lowest BCUT2D eigenvalue weighted by Crippen LogP contribution is -2.65. The third kappa shape index (κ3) is 9.30. The van der Waals surface area contributed by atoms with Crippen molar-refractivity contribution in [2.24, 2.45) is 50.2 Å². The van der Waals surface area contributed by atoms with Crippen LogP contribution in [0.3, 0.4) is 0 Å². The number of fused-ring (bicyclic) bond motifs is 7. The first-order valence-corrected chi connectivity index (χ1v) is 22.6. The van der Waals surface area contributed by atoms with Gasteiger partial charge < -0.3 is 25.6 Å². The molecular formula is C47H76N2O8. The second-order valence-electron chi connectivity index (χ2n) is 21.1. The zero-order chi connectivity index (χ0) is 41.9. The van der Waals surface area contributed by atoms with E-state index in [0.717, 1.165) is 122 Å². The maximum absolute atomic E-state index is 14.5. The van der Waals surface area contributed by atoms with Gasteiger partial charge in [-0.2, -0.15) is 0 Å². The van der Waals surface area contributed by atoms with Crippen LogP contribution in [-0.4, -0.2) is 59.1 Å². The van der Waals surface area contributed by atoms with Crippen molar-refractivity contribution in [2.75, 3.05) is 13.1 Å². The van der Waals surface area contributed by atoms with E-state index in [1.54, 1.807) is 5.57 Å². The first kappa shape index (κ1) is 45.2. The zero-order valence-electron chi connectivity index (χ0n) is 36.5. The van der Waals surface area contributed by atoms with Crippen molar-refractivity contribution in [3.8, 4) is 0 Å². The minimum atomic E-state index is -1.02. The SMILES string of the molecule is CC1(C)CC[C@]2(C(=O)NCCCCCCCCCCC(=O)NCC(=O)O)CC[C@]3(C)C(=CCC4[C@@]5(C)CC[C@H](OC(=O)CCC(=O)O)C(C)(C)C5CC[C@]43C)C2C1. The van der Waals surface area contributed by atoms with E-state index < -0.39 is 17.9 Å². The van der Waals surface area contributed by atoms with Crippen molar-refractivity contribution < 1.29 is 38.9 Å². The molecule has 4 saturated carbocycles. The highest BCUT2D eigenvalue weighted by atomic mass is 16.5. The summed E-state index contributed by atoms with van der Waals surface area (Å²) in [6, 6.07) is 0. The first-order valence-electron chi connectivity index (χ1n) is 22.6. The number of amides is 2. The van der Waals surface area contributed by atoms with E-state index in [1.165, 1.54) is 0 Å². The lowest BCUT2D eigenvalue weighted by molar-refractivity contribution is -0.213. The molecule has 0 saturated heterocycles. The summed E-state index contributed by atoms with van der Waals surface area (Å²) in [7, 11) is 0. The number of carboxylic acids is 2. The van der Waals surface area contributed by atoms with Crippen molar-refractivity contribution in [3.63, 3.8) is 0 Å². The number of allylic oxidation sites excluding steroid dienone is 2. The molecule has 10 nitrogen and oxygen atoms in total. The molecule has 322 valence electrons. The fourth-order valence-electron chi connectivity index (χ4n) is 13.4. The highest BCUT2D eigenvalue weighted by Crippen LogP contribution is 2.76. The largest absolute Gasteiger partial charge is 0.481 e. The summed E-state index contributed by atoms with van der Waals surface area (Å²) in [6.45, 7) is 17.4. The average molecular weight is 797 g/mol. The Morgan fingerprint density at radius 2 is 1.35 bits per heavy atom. The predicted molar refractivity (Wildman–Crippen MR) is 221 cm³/mol. The maximum Gasteiger partial charge on any atom is 0.322 e. The molecule has 2 amide bonds. The molecule has 3 unspecified atom stereocenters. The van der Waals surface area contributed by atoms with Gasteiger partial charge in [0.2, 0.25) is 11.8 Å². The Morgan fingerprint density at radius 3 is 2.02 bits per heavy atom. The van der Waals surface area contributed by atoms with Gasteiger partial charge in [0.1, 0.15) is 12.6 Å². The van der Waals surface area contributed by atoms with Crippen LogP contribution in [0.4, 0.5) is 0 Å². The number of aliphatic carboxylic acids is 2. The lowest BCUT2D eigenvalue weighted by atomic mass is 9.33. The summed E-state index contributed by atoms with van der Waals surface area (Å²) in [5.41, 5.74) is 1.41. The lowest BCUT2D eigenvalue weighted by Gasteiger charge is -2.71. The van der Waals surface area contributed by atoms with Crippen molar-refractivity contribution in [3.05, 3.63) is 11.6 Å². The van der Waals surface area contributed by atoms with Gasteiger partial charge in [-0.1, -0.05) is 98.6 Å². The van der Waals surface area contributed by atoms with Crippen LogP contribution in [0.15, 0.2) is 11.6 Å². The predicted octanol–water partition coefficient (Wildman–Crippen LogP) is 9.39. The van der Waals surface area contributed by atoms with E-state index in [0.29, 0.717) is 18.3 Å². The number of ether oxygens (including phenoxy) is 1. The molecule has 57 heavy (non-hydrogen) atoms. The smallest absolute Gasteiger partial charge is 0.322 e. The molecule has 0 radical (unpaired) electrons. The standard InChI is InChI=1S/C47H76N2O8/c1-42(2)25-27-47(41(56)48-29-15-13-11-9-8-10-12-14-16-37(50)49-31-39(53)54)28-26-45(6)32(33(47)30-42)17-18-35-44(5)23-22-36(57-40(55)20-19-38(51)52)43(3,4)34(44)21-24-46(35,45)7/h17,33-36H,8-16,18-31H2,1-7H3,(H,48,56)(H,49,50)(H,51,52)(H,53,54)/t33?,34?,35?,36-,44-,45+,46+,47-/m0/s1. The van der Waals surface area contributed by atoms with Gasteiger partial charge in [-0.05, 0) is 116 Å². The molecule has 5 aliphatic carbocycles. The molecule has 8 atom stereocenters. The molecule has 0 spiro atoms. The Kier molecular flexibility index (Phi) is 14.1. The fraction of sp³-hybridized carbons (Fsp3) is 0.851. The Balaban J connectivity index is 1.19. The molecule has 5 rings (SSSR count). The highest BCUT2D eigenvalue weighted by Gasteiger charge is 2.69. The summed E-state index contributed by atoms with van der Waals surface area (Å²) < 4.78 is 6.04. The van der Waals surface area contributed by atoms with Crippen molar-refractivity contribution in [1.82, 2.24) is 10.6 Å². The van der Waals surface area contributed by atoms with Gasteiger partial charge in [0, 0.05) is 18.4 Å². The fourth-order valence-corrected chi connectivity index (χ4v) is 13.4. The molecule has 0 aliphatic heterocycles. The van der Waals surface area contributed by atoms with Gasteiger partial charge in [-0.15, -0.1) is 0 Å². The molecule has 4 N–H and O–H groups in total. The molecule has 0 bridgehead atoms. The second kappa shape index (κ2) is 17.7. The quantitative estimate of drug-likeness (QED) is 0.0607. The number of rotatable bonds is 18. The zero-order valence-corrected chi connectivity index (χ0v) is 36.5. The molecule has 0 aromatic carbocycles. The van der Waals surface area contributed by atoms with Gasteiger partial charge in [0.25, 0.3) is 0 Å². The van der Waals surface area contributed by atoms with Gasteiger partial charge in [-0.3, -0.25) is 24.0 Å². The van der Waals surface area contributed by atoms with Crippen LogP contribution < -0.4 is 10.6 Å². The Labute approximate surface area is 342 Å². The van der Waals surface area contributed by atoms with Crippen LogP contribution in [0.1, 0.15) is 183 Å². The Hall–Kier alpha value is -2.91. The van der Waals surface area contributed by atoms with E-state index in [-0.39, 0.29) is 75.7 Å². The van der Waals surface area contributed by atoms with Crippen LogP contribution in [-0.2, 0) is 28.7 Å². The van der Waals surface area contributed by atoms with Gasteiger partial charge in [-0.25, -0.2) is 0 Å². The third-order valence-electron chi connectivity index (χ3n) is 16.9. The number of carbonyl (C=O) groups is 5. The minimum Gasteiger partial charge on any atom is -0.481 e. The topological polar surface area (TPSA) is 159 Å². The maximum atomic E-state index is 14.5. The molecule has 10 heteroatoms. The number of unbranched alkanes of at least 4 members (excludes halogenated alkanes) is 7. The molecule has 5 aliphatic rings. The summed E-state index contributed by atoms with van der Waals surface area (Å²) in [4.78, 5) is 60.6. The number of carboxylic acid groups (broad SMARTS) is 2. The second-order valence-corrected chi connectivity index (χ2v) is 21.1. The highest BCUT2D eigenvalue weighted by molar-refractivity contribution is 5.84. The van der Waals surface area contributed by atoms with Gasteiger partial charge in [0.05, 0.1) is 18.3 Å². The monoisotopic (exact) mass is 797 g/mol. The van der Waals surface area contributed by atoms with E-state index >= 15 is 0 Å². The van der Waals surface area contributed by atoms with E-state index in [4.69, 9.17) is 14.9 Å². The van der Waals surface area contributed by atoms with E-state index in [1.807, 2.05) is 0 Å². The van der Waals surface area contributed by atoms with Crippen molar-refractivity contribution in [2.45, 2.75) is 189 Å². The van der Waals surface area contributed by atoms with Crippen LogP contribution in [0.2, 0.25) is 0 Å². The molecule has 0 aromatic heterocycles. The van der Waals surface area contributed by atoms with Gasteiger partial charge >= 0.3 is 17.9 Å². The van der Waals surface area contributed by atoms with Crippen molar-refractivity contribution in [1.29, 1.82) is 0 Å². The van der Waals surface area contributed by atoms with E-state index in [2.05, 4.69) is 65.2 Å². The Morgan fingerprint density at radius 1 is 0.702 bits per heavy atom. The van der Waals surface area contributed by atoms with Crippen LogP contribution >= 0.6 is 0 Å². The number of esters is 1. The third-order valence-corrected chi connectivity index (χ3v) is 16.9. The molecule has 0 aromatic rings. The summed E-state index contributed by atoms with van der Waals surface area (Å²) in [6.07, 6.45) is 20.9. The number of hydrogen-bond acceptors (Lipinski definition) is 6. The van der Waals surface area contributed by atoms with Gasteiger partial charge in [0.15, 0.2) is 0 Å². The molecule has 4 fully saturated rings. The molecular weight excluding hydrogens is 721 g/mol. The average Bonchev–Trinajstić information content (AvgIpc) is 3.13. The summed E-state index contributed by atoms with van der Waals surface area (Å²) in [5.74, 6) is -1.17.